The fourth-order valence-electron chi connectivity index (χ4n) is 1.75. The lowest BCUT2D eigenvalue weighted by molar-refractivity contribution is 0.256. The molecule has 0 fully saturated rings. The second kappa shape index (κ2) is 7.19. The first-order valence-corrected chi connectivity index (χ1v) is 9.44. The van der Waals surface area contributed by atoms with E-state index in [1.807, 2.05) is 5.32 Å². The van der Waals surface area contributed by atoms with E-state index in [2.05, 4.69) is 14.7 Å². The van der Waals surface area contributed by atoms with Gasteiger partial charge in [0.25, 0.3) is 20.1 Å². The number of anilines is 1. The SMILES string of the molecule is COc1cc(F)nc(NC(=O)NS(=O)(=O)c2ccccc2S(=O)(=O)O)n1. The summed E-state index contributed by atoms with van der Waals surface area (Å²) in [6.45, 7) is 0. The Morgan fingerprint density at radius 1 is 1.15 bits per heavy atom. The molecular weight excluding hydrogens is 395 g/mol. The first kappa shape index (κ1) is 19.5. The Morgan fingerprint density at radius 3 is 2.35 bits per heavy atom. The maximum Gasteiger partial charge on any atom is 0.335 e. The van der Waals surface area contributed by atoms with Crippen LogP contribution in [0.2, 0.25) is 0 Å². The molecule has 1 aromatic carbocycles. The molecule has 0 aliphatic heterocycles. The molecule has 3 N–H and O–H groups in total. The third-order valence-electron chi connectivity index (χ3n) is 2.75. The number of benzene rings is 1. The number of urea groups is 1. The molecule has 11 nitrogen and oxygen atoms in total. The van der Waals surface area contributed by atoms with Crippen molar-refractivity contribution in [2.75, 3.05) is 12.4 Å². The van der Waals surface area contributed by atoms with Crippen LogP contribution < -0.4 is 14.8 Å². The average molecular weight is 406 g/mol. The van der Waals surface area contributed by atoms with Crippen LogP contribution in [0.5, 0.6) is 5.88 Å². The predicted molar refractivity (Wildman–Crippen MR) is 84.1 cm³/mol. The number of rotatable bonds is 5. The highest BCUT2D eigenvalue weighted by Crippen LogP contribution is 2.20. The van der Waals surface area contributed by atoms with Crippen molar-refractivity contribution in [1.29, 1.82) is 0 Å². The van der Waals surface area contributed by atoms with E-state index in [9.17, 15) is 26.0 Å². The topological polar surface area (TPSA) is 165 Å². The van der Waals surface area contributed by atoms with Gasteiger partial charge >= 0.3 is 6.03 Å². The Balaban J connectivity index is 2.28. The van der Waals surface area contributed by atoms with Gasteiger partial charge in [-0.25, -0.2) is 17.9 Å². The zero-order valence-corrected chi connectivity index (χ0v) is 14.5. The van der Waals surface area contributed by atoms with Crippen LogP contribution in [0.1, 0.15) is 0 Å². The molecule has 0 atom stereocenters. The average Bonchev–Trinajstić information content (AvgIpc) is 2.52. The van der Waals surface area contributed by atoms with Gasteiger partial charge in [-0.2, -0.15) is 22.8 Å². The van der Waals surface area contributed by atoms with E-state index in [1.165, 1.54) is 24.0 Å². The fraction of sp³-hybridized carbons (Fsp3) is 0.0833. The number of halogens is 1. The van der Waals surface area contributed by atoms with Crippen molar-refractivity contribution < 1.29 is 35.3 Å². The standard InChI is InChI=1S/C12H11FN4O7S2/c1-24-10-6-9(13)14-11(15-10)16-12(18)17-25(19,20)7-4-2-3-5-8(7)26(21,22)23/h2-6H,1H3,(H,21,22,23)(H2,14,15,16,17,18). The summed E-state index contributed by atoms with van der Waals surface area (Å²) >= 11 is 0. The highest BCUT2D eigenvalue weighted by molar-refractivity contribution is 7.91. The number of amides is 2. The Hall–Kier alpha value is -2.84. The van der Waals surface area contributed by atoms with Gasteiger partial charge in [-0.05, 0) is 12.1 Å². The maximum atomic E-state index is 13.2. The van der Waals surface area contributed by atoms with Crippen molar-refractivity contribution in [3.8, 4) is 5.88 Å². The summed E-state index contributed by atoms with van der Waals surface area (Å²) in [6.07, 6.45) is 0. The minimum absolute atomic E-state index is 0.229. The quantitative estimate of drug-likeness (QED) is 0.470. The van der Waals surface area contributed by atoms with Crippen molar-refractivity contribution in [3.05, 3.63) is 36.3 Å². The number of methoxy groups -OCH3 is 1. The van der Waals surface area contributed by atoms with E-state index in [1.54, 1.807) is 0 Å². The Morgan fingerprint density at radius 2 is 1.77 bits per heavy atom. The Kier molecular flexibility index (Phi) is 5.38. The number of sulfonamides is 1. The Labute approximate surface area is 147 Å². The summed E-state index contributed by atoms with van der Waals surface area (Å²) in [7, 11) is -8.39. The minimum Gasteiger partial charge on any atom is -0.481 e. The number of carbonyl (C=O) groups excluding carboxylic acids is 1. The summed E-state index contributed by atoms with van der Waals surface area (Å²) in [4.78, 5) is 16.8. The van der Waals surface area contributed by atoms with Crippen LogP contribution in [0.3, 0.4) is 0 Å². The van der Waals surface area contributed by atoms with Crippen LogP contribution in [0, 0.1) is 5.95 Å². The van der Waals surface area contributed by atoms with Gasteiger partial charge in [0.1, 0.15) is 9.79 Å². The van der Waals surface area contributed by atoms with Gasteiger partial charge in [-0.1, -0.05) is 12.1 Å². The molecule has 2 amide bonds. The second-order valence-corrected chi connectivity index (χ2v) is 7.58. The first-order valence-electron chi connectivity index (χ1n) is 6.52. The number of nitrogens with zero attached hydrogens (tertiary/aromatic N) is 2. The molecule has 0 saturated heterocycles. The Bertz CT molecular complexity index is 1060. The van der Waals surface area contributed by atoms with Crippen LogP contribution in [0.25, 0.3) is 0 Å². The van der Waals surface area contributed by atoms with Crippen molar-refractivity contribution in [3.63, 3.8) is 0 Å². The number of ether oxygens (including phenoxy) is 1. The molecule has 0 aliphatic carbocycles. The minimum atomic E-state index is -4.87. The molecule has 14 heteroatoms. The molecule has 1 aromatic heterocycles. The van der Waals surface area contributed by atoms with Crippen molar-refractivity contribution in [2.24, 2.45) is 0 Å². The molecule has 0 unspecified atom stereocenters. The maximum absolute atomic E-state index is 13.2. The van der Waals surface area contributed by atoms with Crippen molar-refractivity contribution in [2.45, 2.75) is 9.79 Å². The molecule has 2 aromatic rings. The molecule has 140 valence electrons. The molecule has 1 heterocycles. The third-order valence-corrected chi connectivity index (χ3v) is 5.18. The third kappa shape index (κ3) is 4.62. The van der Waals surface area contributed by atoms with E-state index in [0.717, 1.165) is 18.2 Å². The van der Waals surface area contributed by atoms with E-state index >= 15 is 0 Å². The lowest BCUT2D eigenvalue weighted by Gasteiger charge is -2.10. The van der Waals surface area contributed by atoms with Crippen LogP contribution in [0.4, 0.5) is 15.1 Å². The highest BCUT2D eigenvalue weighted by atomic mass is 32.2. The van der Waals surface area contributed by atoms with Gasteiger partial charge in [-0.15, -0.1) is 0 Å². The van der Waals surface area contributed by atoms with Gasteiger partial charge < -0.3 is 4.74 Å². The van der Waals surface area contributed by atoms with E-state index < -0.39 is 47.9 Å². The van der Waals surface area contributed by atoms with Crippen molar-refractivity contribution >= 4 is 32.1 Å². The predicted octanol–water partition coefficient (Wildman–Crippen LogP) is 0.381. The van der Waals surface area contributed by atoms with Gasteiger partial charge in [0.2, 0.25) is 17.8 Å². The van der Waals surface area contributed by atoms with Gasteiger partial charge in [-0.3, -0.25) is 9.87 Å². The number of hydrogen-bond donors (Lipinski definition) is 3. The van der Waals surface area contributed by atoms with E-state index in [-0.39, 0.29) is 5.88 Å². The molecule has 0 spiro atoms. The van der Waals surface area contributed by atoms with Crippen LogP contribution in [-0.2, 0) is 20.1 Å². The first-order chi connectivity index (χ1) is 12.0. The molecule has 0 saturated carbocycles. The molecule has 26 heavy (non-hydrogen) atoms. The monoisotopic (exact) mass is 406 g/mol. The summed E-state index contributed by atoms with van der Waals surface area (Å²) < 4.78 is 75.4. The largest absolute Gasteiger partial charge is 0.481 e. The highest BCUT2D eigenvalue weighted by Gasteiger charge is 2.26. The van der Waals surface area contributed by atoms with Gasteiger partial charge in [0, 0.05) is 0 Å². The normalized spacial score (nSPS) is 11.7. The number of aromatic nitrogens is 2. The number of nitrogens with one attached hydrogen (secondary N) is 2. The lowest BCUT2D eigenvalue weighted by atomic mass is 10.4. The lowest BCUT2D eigenvalue weighted by Crippen LogP contribution is -2.35. The summed E-state index contributed by atoms with van der Waals surface area (Å²) in [6, 6.07) is 3.48. The fourth-order valence-corrected chi connectivity index (χ4v) is 3.96. The van der Waals surface area contributed by atoms with E-state index in [0.29, 0.717) is 0 Å². The summed E-state index contributed by atoms with van der Waals surface area (Å²) in [5.74, 6) is -1.88. The molecule has 0 radical (unpaired) electrons. The number of hydrogen-bond acceptors (Lipinski definition) is 8. The number of carbonyl (C=O) groups is 1. The van der Waals surface area contributed by atoms with Crippen molar-refractivity contribution in [1.82, 2.24) is 14.7 Å². The smallest absolute Gasteiger partial charge is 0.335 e. The summed E-state index contributed by atoms with van der Waals surface area (Å²) in [5, 5.41) is 1.86. The van der Waals surface area contributed by atoms with Gasteiger partial charge in [0.15, 0.2) is 0 Å². The zero-order valence-electron chi connectivity index (χ0n) is 12.9. The van der Waals surface area contributed by atoms with Gasteiger partial charge in [0.05, 0.1) is 13.2 Å². The molecule has 0 aliphatic rings. The molecule has 2 rings (SSSR count). The zero-order chi connectivity index (χ0) is 19.5. The van der Waals surface area contributed by atoms with Crippen LogP contribution in [0.15, 0.2) is 40.1 Å². The second-order valence-electron chi connectivity index (χ2n) is 4.54. The van der Waals surface area contributed by atoms with Crippen LogP contribution in [-0.4, -0.2) is 44.5 Å². The molecule has 0 bridgehead atoms. The van der Waals surface area contributed by atoms with E-state index in [4.69, 9.17) is 4.55 Å². The summed E-state index contributed by atoms with van der Waals surface area (Å²) in [5.41, 5.74) is 0. The van der Waals surface area contributed by atoms with Crippen LogP contribution >= 0.6 is 0 Å². The molecular formula is C12H11FN4O7S2.